The third-order valence-electron chi connectivity index (χ3n) is 4.58. The summed E-state index contributed by atoms with van der Waals surface area (Å²) in [5.74, 6) is 0. The smallest absolute Gasteiger partial charge is 0.00984 e. The molecule has 0 atom stereocenters. The highest BCUT2D eigenvalue weighted by Gasteiger charge is 2.31. The van der Waals surface area contributed by atoms with Gasteiger partial charge in [-0.1, -0.05) is 93.0 Å². The zero-order valence-electron chi connectivity index (χ0n) is 17.6. The van der Waals surface area contributed by atoms with Gasteiger partial charge in [0, 0.05) is 0 Å². The van der Waals surface area contributed by atoms with E-state index in [2.05, 4.69) is 94.4 Å². The van der Waals surface area contributed by atoms with Crippen molar-refractivity contribution >= 4 is 0 Å². The van der Waals surface area contributed by atoms with Crippen LogP contribution in [0, 0.1) is 17.8 Å². The lowest BCUT2D eigenvalue weighted by Gasteiger charge is -2.36. The maximum absolute atomic E-state index is 2.48. The van der Waals surface area contributed by atoms with Gasteiger partial charge in [0.25, 0.3) is 0 Å². The zero-order chi connectivity index (χ0) is 18.3. The van der Waals surface area contributed by atoms with Crippen molar-refractivity contribution < 1.29 is 0 Å². The lowest BCUT2D eigenvalue weighted by Crippen LogP contribution is -2.28. The van der Waals surface area contributed by atoms with E-state index in [1.165, 1.54) is 29.5 Å². The molecule has 0 nitrogen and oxygen atoms in total. The van der Waals surface area contributed by atoms with E-state index in [0.717, 1.165) is 0 Å². The molecule has 0 heterocycles. The summed E-state index contributed by atoms with van der Waals surface area (Å²) in [6.45, 7) is 25.9. The Hall–Kier alpha value is -0.780. The van der Waals surface area contributed by atoms with Crippen LogP contribution in [0.15, 0.2) is 18.2 Å². The molecule has 132 valence electrons. The van der Waals surface area contributed by atoms with Gasteiger partial charge in [0.1, 0.15) is 0 Å². The topological polar surface area (TPSA) is 0 Å². The summed E-state index contributed by atoms with van der Waals surface area (Å²) in [4.78, 5) is 0. The van der Waals surface area contributed by atoms with Crippen molar-refractivity contribution in [3.63, 3.8) is 0 Å². The van der Waals surface area contributed by atoms with Crippen LogP contribution < -0.4 is 0 Å². The molecular weight excluding hydrogens is 276 g/mol. The Kier molecular flexibility index (Phi) is 5.52. The van der Waals surface area contributed by atoms with Gasteiger partial charge in [-0.05, 0) is 52.6 Å². The van der Waals surface area contributed by atoms with Crippen LogP contribution in [0.5, 0.6) is 0 Å². The van der Waals surface area contributed by atoms with Crippen molar-refractivity contribution in [3.8, 4) is 0 Å². The van der Waals surface area contributed by atoms with Gasteiger partial charge in [0.2, 0.25) is 0 Å². The minimum absolute atomic E-state index is 0.205. The normalized spacial score (nSPS) is 14.2. The van der Waals surface area contributed by atoms with Gasteiger partial charge in [-0.3, -0.25) is 0 Å². The first-order valence-corrected chi connectivity index (χ1v) is 9.15. The molecule has 1 rings (SSSR count). The molecule has 23 heavy (non-hydrogen) atoms. The molecule has 0 aromatic heterocycles. The van der Waals surface area contributed by atoms with Gasteiger partial charge < -0.3 is 0 Å². The highest BCUT2D eigenvalue weighted by atomic mass is 14.4. The van der Waals surface area contributed by atoms with E-state index in [0.29, 0.717) is 10.8 Å². The molecule has 0 fully saturated rings. The van der Waals surface area contributed by atoms with Gasteiger partial charge >= 0.3 is 0 Å². The largest absolute Gasteiger partial charge is 0.0601 e. The predicted molar refractivity (Wildman–Crippen MR) is 105 cm³/mol. The summed E-state index contributed by atoms with van der Waals surface area (Å²) in [6.07, 6.45) is 2.39. The Labute approximate surface area is 146 Å². The minimum Gasteiger partial charge on any atom is -0.0601 e. The number of rotatable bonds is 4. The molecule has 0 radical (unpaired) electrons. The molecule has 1 aromatic rings. The fourth-order valence-corrected chi connectivity index (χ4v) is 4.42. The molecule has 0 saturated heterocycles. The average Bonchev–Trinajstić information content (AvgIpc) is 2.21. The summed E-state index contributed by atoms with van der Waals surface area (Å²) in [7, 11) is 0. The molecule has 0 unspecified atom stereocenters. The van der Waals surface area contributed by atoms with E-state index in [9.17, 15) is 0 Å². The molecule has 0 bridgehead atoms. The van der Waals surface area contributed by atoms with Crippen LogP contribution in [0.2, 0.25) is 0 Å². The Bertz CT molecular complexity index is 484. The Morgan fingerprint density at radius 2 is 0.870 bits per heavy atom. The molecule has 0 spiro atoms. The predicted octanol–water partition coefficient (Wildman–Crippen LogP) is 7.42. The van der Waals surface area contributed by atoms with E-state index < -0.39 is 0 Å². The van der Waals surface area contributed by atoms with E-state index in [1.54, 1.807) is 0 Å². The minimum atomic E-state index is 0.205. The first-order chi connectivity index (χ1) is 10.0. The molecular formula is C23H40. The number of hydrogen-bond acceptors (Lipinski definition) is 0. The highest BCUT2D eigenvalue weighted by Crippen LogP contribution is 2.41. The fourth-order valence-electron chi connectivity index (χ4n) is 4.42. The SMILES string of the molecule is Cc1cc(C(C)(C)CC(C)(C)C)cc(C(C)(C)CC(C)(C)C)c1. The molecule has 1 aromatic carbocycles. The summed E-state index contributed by atoms with van der Waals surface area (Å²) in [6, 6.07) is 7.26. The first kappa shape index (κ1) is 20.3. The third kappa shape index (κ3) is 6.32. The van der Waals surface area contributed by atoms with Crippen molar-refractivity contribution in [2.45, 2.75) is 99.8 Å². The lowest BCUT2D eigenvalue weighted by molar-refractivity contribution is 0.278. The Morgan fingerprint density at radius 3 is 1.13 bits per heavy atom. The molecule has 0 aliphatic heterocycles. The summed E-state index contributed by atoms with van der Waals surface area (Å²) < 4.78 is 0. The molecule has 0 heteroatoms. The van der Waals surface area contributed by atoms with Crippen LogP contribution in [0.3, 0.4) is 0 Å². The monoisotopic (exact) mass is 316 g/mol. The van der Waals surface area contributed by atoms with Crippen LogP contribution in [0.4, 0.5) is 0 Å². The van der Waals surface area contributed by atoms with Gasteiger partial charge in [-0.15, -0.1) is 0 Å². The maximum Gasteiger partial charge on any atom is -0.00984 e. The third-order valence-corrected chi connectivity index (χ3v) is 4.58. The van der Waals surface area contributed by atoms with Crippen molar-refractivity contribution in [1.29, 1.82) is 0 Å². The second-order valence-corrected chi connectivity index (χ2v) is 11.3. The van der Waals surface area contributed by atoms with E-state index in [-0.39, 0.29) is 10.8 Å². The van der Waals surface area contributed by atoms with E-state index in [4.69, 9.17) is 0 Å². The van der Waals surface area contributed by atoms with Crippen molar-refractivity contribution in [1.82, 2.24) is 0 Å². The first-order valence-electron chi connectivity index (χ1n) is 9.15. The van der Waals surface area contributed by atoms with Gasteiger partial charge in [0.15, 0.2) is 0 Å². The quantitative estimate of drug-likeness (QED) is 0.542. The summed E-state index contributed by atoms with van der Waals surface area (Å²) in [5.41, 5.74) is 5.46. The van der Waals surface area contributed by atoms with Crippen molar-refractivity contribution in [2.75, 3.05) is 0 Å². The van der Waals surface area contributed by atoms with Crippen LogP contribution in [-0.4, -0.2) is 0 Å². The molecule has 0 amide bonds. The number of aryl methyl sites for hydroxylation is 1. The Morgan fingerprint density at radius 1 is 0.565 bits per heavy atom. The summed E-state index contributed by atoms with van der Waals surface area (Å²) in [5, 5.41) is 0. The standard InChI is InChI=1S/C23H40/c1-17-12-18(22(8,9)15-20(2,3)4)14-19(13-17)23(10,11)16-21(5,6)7/h12-14H,15-16H2,1-11H3. The maximum atomic E-state index is 2.48. The lowest BCUT2D eigenvalue weighted by atomic mass is 9.68. The fraction of sp³-hybridized carbons (Fsp3) is 0.739. The van der Waals surface area contributed by atoms with Crippen LogP contribution in [-0.2, 0) is 10.8 Å². The summed E-state index contributed by atoms with van der Waals surface area (Å²) >= 11 is 0. The van der Waals surface area contributed by atoms with Gasteiger partial charge in [-0.2, -0.15) is 0 Å². The van der Waals surface area contributed by atoms with Crippen LogP contribution >= 0.6 is 0 Å². The molecule has 0 aliphatic rings. The molecule has 0 aliphatic carbocycles. The average molecular weight is 317 g/mol. The van der Waals surface area contributed by atoms with Gasteiger partial charge in [-0.25, -0.2) is 0 Å². The molecule has 0 saturated carbocycles. The van der Waals surface area contributed by atoms with Crippen LogP contribution in [0.1, 0.15) is 98.8 Å². The highest BCUT2D eigenvalue weighted by molar-refractivity contribution is 5.37. The van der Waals surface area contributed by atoms with Crippen molar-refractivity contribution in [2.24, 2.45) is 10.8 Å². The number of benzene rings is 1. The molecule has 0 N–H and O–H groups in total. The number of hydrogen-bond donors (Lipinski definition) is 0. The Balaban J connectivity index is 3.28. The second-order valence-electron chi connectivity index (χ2n) is 11.3. The van der Waals surface area contributed by atoms with Gasteiger partial charge in [0.05, 0.1) is 0 Å². The van der Waals surface area contributed by atoms with Crippen molar-refractivity contribution in [3.05, 3.63) is 34.9 Å². The second kappa shape index (κ2) is 6.26. The van der Waals surface area contributed by atoms with E-state index >= 15 is 0 Å². The van der Waals surface area contributed by atoms with E-state index in [1.807, 2.05) is 0 Å². The zero-order valence-corrected chi connectivity index (χ0v) is 17.6. The van der Waals surface area contributed by atoms with Crippen LogP contribution in [0.25, 0.3) is 0 Å².